The van der Waals surface area contributed by atoms with Crippen LogP contribution in [-0.2, 0) is 0 Å². The molecule has 0 aliphatic carbocycles. The Bertz CT molecular complexity index is 1520. The molecule has 0 aliphatic heterocycles. The largest absolute Gasteiger partial charge is 0.395 e. The number of nitrogen functional groups attached to an aromatic ring is 1. The number of hydrogen-bond acceptors (Lipinski definition) is 3. The molecular formula is C24H20N6. The summed E-state index contributed by atoms with van der Waals surface area (Å²) in [6.45, 7) is 0. The van der Waals surface area contributed by atoms with Crippen molar-refractivity contribution in [3.63, 3.8) is 0 Å². The first-order valence-corrected chi connectivity index (χ1v) is 9.82. The summed E-state index contributed by atoms with van der Waals surface area (Å²) in [6.07, 6.45) is 5.80. The molecule has 3 heterocycles. The van der Waals surface area contributed by atoms with Crippen LogP contribution in [0.1, 0.15) is 0 Å². The molecule has 7 N–H and O–H groups in total. The fourth-order valence-electron chi connectivity index (χ4n) is 4.00. The Morgan fingerprint density at radius 3 is 2.20 bits per heavy atom. The van der Waals surface area contributed by atoms with Crippen LogP contribution < -0.4 is 16.4 Å². The maximum Gasteiger partial charge on any atom is 0.0798 e. The molecule has 0 spiro atoms. The van der Waals surface area contributed by atoms with E-state index in [4.69, 9.17) is 5.73 Å². The molecule has 0 unspecified atom stereocenters. The average Bonchev–Trinajstić information content (AvgIpc) is 3.49. The molecule has 30 heavy (non-hydrogen) atoms. The van der Waals surface area contributed by atoms with Gasteiger partial charge in [-0.2, -0.15) is 0 Å². The van der Waals surface area contributed by atoms with Gasteiger partial charge in [-0.3, -0.25) is 0 Å². The molecule has 3 aromatic carbocycles. The number of aromatic amines is 3. The number of rotatable bonds is 4. The van der Waals surface area contributed by atoms with Gasteiger partial charge in [-0.1, -0.05) is 6.07 Å². The molecule has 6 rings (SSSR count). The van der Waals surface area contributed by atoms with Crippen molar-refractivity contribution in [2.75, 3.05) is 16.4 Å². The van der Waals surface area contributed by atoms with Gasteiger partial charge in [0, 0.05) is 51.5 Å². The van der Waals surface area contributed by atoms with Crippen LogP contribution in [0.3, 0.4) is 0 Å². The Morgan fingerprint density at radius 1 is 0.567 bits per heavy atom. The highest BCUT2D eigenvalue weighted by atomic mass is 15.0. The van der Waals surface area contributed by atoms with Gasteiger partial charge in [0.2, 0.25) is 0 Å². The average molecular weight is 392 g/mol. The third-order valence-corrected chi connectivity index (χ3v) is 5.56. The lowest BCUT2D eigenvalue weighted by molar-refractivity contribution is 1.46. The van der Waals surface area contributed by atoms with Crippen LogP contribution in [-0.4, -0.2) is 15.0 Å². The fraction of sp³-hybridized carbons (Fsp3) is 0. The smallest absolute Gasteiger partial charge is 0.0798 e. The second-order valence-corrected chi connectivity index (χ2v) is 7.46. The van der Waals surface area contributed by atoms with Gasteiger partial charge in [0.05, 0.1) is 28.3 Å². The van der Waals surface area contributed by atoms with Gasteiger partial charge in [-0.25, -0.2) is 0 Å². The van der Waals surface area contributed by atoms with Crippen molar-refractivity contribution in [2.45, 2.75) is 0 Å². The van der Waals surface area contributed by atoms with Crippen molar-refractivity contribution >= 4 is 61.1 Å². The van der Waals surface area contributed by atoms with Crippen LogP contribution in [0.2, 0.25) is 0 Å². The first-order valence-electron chi connectivity index (χ1n) is 9.82. The number of benzene rings is 3. The molecule has 0 amide bonds. The van der Waals surface area contributed by atoms with E-state index >= 15 is 0 Å². The van der Waals surface area contributed by atoms with E-state index in [1.165, 1.54) is 5.39 Å². The Hall–Kier alpha value is -4.32. The predicted octanol–water partition coefficient (Wildman–Crippen LogP) is 6.20. The van der Waals surface area contributed by atoms with Gasteiger partial charge in [-0.15, -0.1) is 0 Å². The van der Waals surface area contributed by atoms with E-state index in [0.29, 0.717) is 5.69 Å². The number of anilines is 5. The van der Waals surface area contributed by atoms with Gasteiger partial charge >= 0.3 is 0 Å². The molecule has 146 valence electrons. The van der Waals surface area contributed by atoms with E-state index in [-0.39, 0.29) is 0 Å². The highest BCUT2D eigenvalue weighted by Crippen LogP contribution is 2.36. The number of aromatic nitrogens is 3. The van der Waals surface area contributed by atoms with Gasteiger partial charge in [0.1, 0.15) is 0 Å². The zero-order valence-electron chi connectivity index (χ0n) is 16.1. The Labute approximate surface area is 172 Å². The summed E-state index contributed by atoms with van der Waals surface area (Å²) in [6, 6.07) is 20.8. The maximum atomic E-state index is 6.43. The van der Waals surface area contributed by atoms with Crippen molar-refractivity contribution in [3.05, 3.63) is 79.3 Å². The molecule has 0 saturated carbocycles. The normalized spacial score (nSPS) is 11.5. The number of H-pyrrole nitrogens is 3. The van der Waals surface area contributed by atoms with Crippen LogP contribution >= 0.6 is 0 Å². The number of fused-ring (bicyclic) bond motifs is 3. The summed E-state index contributed by atoms with van der Waals surface area (Å²) in [4.78, 5) is 9.74. The Kier molecular flexibility index (Phi) is 3.52. The van der Waals surface area contributed by atoms with Crippen molar-refractivity contribution < 1.29 is 0 Å². The first kappa shape index (κ1) is 16.6. The van der Waals surface area contributed by atoms with E-state index in [0.717, 1.165) is 50.1 Å². The van der Waals surface area contributed by atoms with E-state index in [9.17, 15) is 0 Å². The van der Waals surface area contributed by atoms with E-state index in [2.05, 4.69) is 74.1 Å². The number of nitrogens with one attached hydrogen (secondary N) is 5. The van der Waals surface area contributed by atoms with Crippen LogP contribution in [0.4, 0.5) is 28.4 Å². The zero-order chi connectivity index (χ0) is 20.1. The van der Waals surface area contributed by atoms with Crippen molar-refractivity contribution in [1.82, 2.24) is 15.0 Å². The van der Waals surface area contributed by atoms with Gasteiger partial charge in [0.25, 0.3) is 0 Å². The predicted molar refractivity (Wildman–Crippen MR) is 126 cm³/mol. The fourth-order valence-corrected chi connectivity index (χ4v) is 4.00. The molecule has 0 aliphatic rings. The SMILES string of the molecule is Nc1c(Nc2cc3[nH]ccc3cc2Nc2ccc3[nH]ccc3c2)ccc2cc[nH]c12. The maximum absolute atomic E-state index is 6.43. The minimum atomic E-state index is 0.698. The van der Waals surface area contributed by atoms with E-state index < -0.39 is 0 Å². The Balaban J connectivity index is 1.44. The molecule has 0 bridgehead atoms. The summed E-state index contributed by atoms with van der Waals surface area (Å²) in [5.74, 6) is 0. The summed E-state index contributed by atoms with van der Waals surface area (Å²) in [5, 5.41) is 10.5. The minimum absolute atomic E-state index is 0.698. The summed E-state index contributed by atoms with van der Waals surface area (Å²) < 4.78 is 0. The summed E-state index contributed by atoms with van der Waals surface area (Å²) >= 11 is 0. The minimum Gasteiger partial charge on any atom is -0.395 e. The third kappa shape index (κ3) is 2.66. The van der Waals surface area contributed by atoms with Gasteiger partial charge in [0.15, 0.2) is 0 Å². The number of hydrogen-bond donors (Lipinski definition) is 6. The molecule has 3 aromatic heterocycles. The molecule has 6 heteroatoms. The molecule has 6 nitrogen and oxygen atoms in total. The van der Waals surface area contributed by atoms with Crippen LogP contribution in [0, 0.1) is 0 Å². The van der Waals surface area contributed by atoms with E-state index in [1.807, 2.05) is 30.7 Å². The summed E-state index contributed by atoms with van der Waals surface area (Å²) in [5.41, 5.74) is 14.0. The topological polar surface area (TPSA) is 97.4 Å². The van der Waals surface area contributed by atoms with E-state index in [1.54, 1.807) is 0 Å². The molecule has 0 radical (unpaired) electrons. The molecule has 0 atom stereocenters. The lowest BCUT2D eigenvalue weighted by Gasteiger charge is -2.16. The third-order valence-electron chi connectivity index (χ3n) is 5.56. The van der Waals surface area contributed by atoms with Crippen LogP contribution in [0.15, 0.2) is 79.3 Å². The zero-order valence-corrected chi connectivity index (χ0v) is 16.1. The highest BCUT2D eigenvalue weighted by Gasteiger charge is 2.11. The second-order valence-electron chi connectivity index (χ2n) is 7.46. The van der Waals surface area contributed by atoms with Crippen molar-refractivity contribution in [1.29, 1.82) is 0 Å². The van der Waals surface area contributed by atoms with Gasteiger partial charge in [-0.05, 0) is 54.6 Å². The molecule has 6 aromatic rings. The first-order chi connectivity index (χ1) is 14.7. The second kappa shape index (κ2) is 6.35. The van der Waals surface area contributed by atoms with Crippen LogP contribution in [0.25, 0.3) is 32.7 Å². The van der Waals surface area contributed by atoms with Crippen molar-refractivity contribution in [2.24, 2.45) is 0 Å². The lowest BCUT2D eigenvalue weighted by Crippen LogP contribution is -2.01. The van der Waals surface area contributed by atoms with Gasteiger partial charge < -0.3 is 31.3 Å². The lowest BCUT2D eigenvalue weighted by atomic mass is 10.1. The molecule has 0 fully saturated rings. The molecule has 0 saturated heterocycles. The highest BCUT2D eigenvalue weighted by molar-refractivity contribution is 6.00. The van der Waals surface area contributed by atoms with Crippen LogP contribution in [0.5, 0.6) is 0 Å². The quantitative estimate of drug-likeness (QED) is 0.202. The summed E-state index contributed by atoms with van der Waals surface area (Å²) in [7, 11) is 0. The molecular weight excluding hydrogens is 372 g/mol. The van der Waals surface area contributed by atoms with Crippen molar-refractivity contribution in [3.8, 4) is 0 Å². The Morgan fingerprint density at radius 2 is 1.30 bits per heavy atom. The number of nitrogens with two attached hydrogens (primary N) is 1. The monoisotopic (exact) mass is 392 g/mol. The standard InChI is InChI=1S/C24H20N6/c25-23-19(3-1-14-5-10-28-24(14)23)30-22-13-20-16(7-9-27-20)12-21(22)29-17-2-4-18-15(11-17)6-8-26-18/h1-13,26-30H,25H2.